The summed E-state index contributed by atoms with van der Waals surface area (Å²) in [5.74, 6) is 1.11. The molecule has 3 nitrogen and oxygen atoms in total. The molecule has 1 aliphatic carbocycles. The maximum absolute atomic E-state index is 11.5. The minimum absolute atomic E-state index is 0.0809. The van der Waals surface area contributed by atoms with E-state index in [2.05, 4.69) is 10.6 Å². The fraction of sp³-hybridized carbons (Fsp3) is 0.923. The zero-order valence-electron chi connectivity index (χ0n) is 10.1. The lowest BCUT2D eigenvalue weighted by molar-refractivity contribution is -0.124. The second-order valence-corrected chi connectivity index (χ2v) is 5.23. The van der Waals surface area contributed by atoms with Gasteiger partial charge in [0.2, 0.25) is 5.91 Å². The maximum Gasteiger partial charge on any atom is 0.237 e. The van der Waals surface area contributed by atoms with E-state index in [0.29, 0.717) is 0 Å². The van der Waals surface area contributed by atoms with Crippen molar-refractivity contribution in [3.63, 3.8) is 0 Å². The highest BCUT2D eigenvalue weighted by molar-refractivity contribution is 5.82. The fourth-order valence-electron chi connectivity index (χ4n) is 2.90. The molecule has 16 heavy (non-hydrogen) atoms. The van der Waals surface area contributed by atoms with Gasteiger partial charge in [0.25, 0.3) is 0 Å². The SMILES string of the molecule is O=C1NCCCC1NCCC1CCCCC1. The molecule has 1 heterocycles. The van der Waals surface area contributed by atoms with Gasteiger partial charge in [0.05, 0.1) is 6.04 Å². The second kappa shape index (κ2) is 6.24. The van der Waals surface area contributed by atoms with E-state index < -0.39 is 0 Å². The van der Waals surface area contributed by atoms with Gasteiger partial charge in [-0.05, 0) is 31.7 Å². The Balaban J connectivity index is 1.61. The molecule has 2 rings (SSSR count). The van der Waals surface area contributed by atoms with Crippen LogP contribution < -0.4 is 10.6 Å². The highest BCUT2D eigenvalue weighted by atomic mass is 16.2. The third-order valence-corrected chi connectivity index (χ3v) is 3.95. The number of piperidine rings is 1. The largest absolute Gasteiger partial charge is 0.355 e. The average Bonchev–Trinajstić information content (AvgIpc) is 2.33. The highest BCUT2D eigenvalue weighted by Crippen LogP contribution is 2.25. The molecular weight excluding hydrogens is 200 g/mol. The van der Waals surface area contributed by atoms with Crippen LogP contribution in [-0.4, -0.2) is 25.0 Å². The van der Waals surface area contributed by atoms with Crippen molar-refractivity contribution >= 4 is 5.91 Å². The van der Waals surface area contributed by atoms with Crippen LogP contribution in [0, 0.1) is 5.92 Å². The van der Waals surface area contributed by atoms with Crippen molar-refractivity contribution in [3.8, 4) is 0 Å². The third kappa shape index (κ3) is 3.48. The topological polar surface area (TPSA) is 41.1 Å². The molecular formula is C13H24N2O. The lowest BCUT2D eigenvalue weighted by Gasteiger charge is -2.25. The Kier molecular flexibility index (Phi) is 4.64. The Hall–Kier alpha value is -0.570. The summed E-state index contributed by atoms with van der Waals surface area (Å²) < 4.78 is 0. The normalized spacial score (nSPS) is 27.8. The Morgan fingerprint density at radius 2 is 1.94 bits per heavy atom. The minimum atomic E-state index is 0.0809. The van der Waals surface area contributed by atoms with Gasteiger partial charge in [-0.2, -0.15) is 0 Å². The van der Waals surface area contributed by atoms with Gasteiger partial charge in [-0.15, -0.1) is 0 Å². The molecule has 0 bridgehead atoms. The number of carbonyl (C=O) groups is 1. The van der Waals surface area contributed by atoms with Crippen molar-refractivity contribution in [1.29, 1.82) is 0 Å². The van der Waals surface area contributed by atoms with Gasteiger partial charge in [0.1, 0.15) is 0 Å². The molecule has 0 spiro atoms. The molecule has 3 heteroatoms. The summed E-state index contributed by atoms with van der Waals surface area (Å²) in [6, 6.07) is 0.0809. The summed E-state index contributed by atoms with van der Waals surface area (Å²) in [7, 11) is 0. The fourth-order valence-corrected chi connectivity index (χ4v) is 2.90. The standard InChI is InChI=1S/C13H24N2O/c16-13-12(7-4-9-15-13)14-10-8-11-5-2-1-3-6-11/h11-12,14H,1-10H2,(H,15,16). The molecule has 1 saturated heterocycles. The van der Waals surface area contributed by atoms with Crippen LogP contribution in [0.25, 0.3) is 0 Å². The van der Waals surface area contributed by atoms with E-state index in [4.69, 9.17) is 0 Å². The number of amides is 1. The molecule has 2 aliphatic rings. The molecule has 1 unspecified atom stereocenters. The number of nitrogens with one attached hydrogen (secondary N) is 2. The number of hydrogen-bond acceptors (Lipinski definition) is 2. The molecule has 2 fully saturated rings. The van der Waals surface area contributed by atoms with Gasteiger partial charge in [0, 0.05) is 6.54 Å². The Morgan fingerprint density at radius 3 is 2.69 bits per heavy atom. The van der Waals surface area contributed by atoms with Crippen molar-refractivity contribution < 1.29 is 4.79 Å². The van der Waals surface area contributed by atoms with E-state index >= 15 is 0 Å². The number of hydrogen-bond donors (Lipinski definition) is 2. The van der Waals surface area contributed by atoms with E-state index in [1.807, 2.05) is 0 Å². The lowest BCUT2D eigenvalue weighted by Crippen LogP contribution is -2.48. The van der Waals surface area contributed by atoms with Crippen molar-refractivity contribution in [2.75, 3.05) is 13.1 Å². The van der Waals surface area contributed by atoms with Crippen LogP contribution in [-0.2, 0) is 4.79 Å². The second-order valence-electron chi connectivity index (χ2n) is 5.23. The first kappa shape index (κ1) is 11.9. The molecule has 1 atom stereocenters. The van der Waals surface area contributed by atoms with Crippen molar-refractivity contribution in [3.05, 3.63) is 0 Å². The Bertz CT molecular complexity index is 224. The van der Waals surface area contributed by atoms with Gasteiger partial charge >= 0.3 is 0 Å². The summed E-state index contributed by atoms with van der Waals surface area (Å²) in [4.78, 5) is 11.5. The first-order valence-corrected chi connectivity index (χ1v) is 6.87. The van der Waals surface area contributed by atoms with Crippen molar-refractivity contribution in [2.45, 2.75) is 57.4 Å². The number of carbonyl (C=O) groups excluding carboxylic acids is 1. The molecule has 0 radical (unpaired) electrons. The van der Waals surface area contributed by atoms with Crippen LogP contribution >= 0.6 is 0 Å². The van der Waals surface area contributed by atoms with Crippen LogP contribution in [0.15, 0.2) is 0 Å². The molecule has 1 aliphatic heterocycles. The third-order valence-electron chi connectivity index (χ3n) is 3.95. The van der Waals surface area contributed by atoms with Crippen LogP contribution in [0.2, 0.25) is 0 Å². The predicted molar refractivity (Wildman–Crippen MR) is 65.2 cm³/mol. The monoisotopic (exact) mass is 224 g/mol. The van der Waals surface area contributed by atoms with E-state index in [1.165, 1.54) is 38.5 Å². The molecule has 0 aromatic heterocycles. The van der Waals surface area contributed by atoms with Crippen molar-refractivity contribution in [1.82, 2.24) is 10.6 Å². The Morgan fingerprint density at radius 1 is 1.12 bits per heavy atom. The van der Waals surface area contributed by atoms with Gasteiger partial charge < -0.3 is 10.6 Å². The van der Waals surface area contributed by atoms with E-state index in [-0.39, 0.29) is 11.9 Å². The van der Waals surface area contributed by atoms with Gasteiger partial charge in [-0.3, -0.25) is 4.79 Å². The lowest BCUT2D eigenvalue weighted by atomic mass is 9.87. The van der Waals surface area contributed by atoms with E-state index in [1.54, 1.807) is 0 Å². The van der Waals surface area contributed by atoms with Crippen LogP contribution in [0.3, 0.4) is 0 Å². The molecule has 2 N–H and O–H groups in total. The predicted octanol–water partition coefficient (Wildman–Crippen LogP) is 1.82. The van der Waals surface area contributed by atoms with E-state index in [0.717, 1.165) is 31.8 Å². The summed E-state index contributed by atoms with van der Waals surface area (Å²) in [6.45, 7) is 1.88. The molecule has 92 valence electrons. The van der Waals surface area contributed by atoms with Crippen molar-refractivity contribution in [2.24, 2.45) is 5.92 Å². The van der Waals surface area contributed by atoms with Crippen LogP contribution in [0.5, 0.6) is 0 Å². The summed E-state index contributed by atoms with van der Waals surface area (Å²) in [5.41, 5.74) is 0. The number of rotatable bonds is 4. The highest BCUT2D eigenvalue weighted by Gasteiger charge is 2.21. The van der Waals surface area contributed by atoms with Crippen LogP contribution in [0.4, 0.5) is 0 Å². The average molecular weight is 224 g/mol. The van der Waals surface area contributed by atoms with Gasteiger partial charge in [0.15, 0.2) is 0 Å². The summed E-state index contributed by atoms with van der Waals surface area (Å²) >= 11 is 0. The maximum atomic E-state index is 11.5. The van der Waals surface area contributed by atoms with Gasteiger partial charge in [-0.25, -0.2) is 0 Å². The zero-order valence-corrected chi connectivity index (χ0v) is 10.1. The zero-order chi connectivity index (χ0) is 11.2. The smallest absolute Gasteiger partial charge is 0.237 e. The van der Waals surface area contributed by atoms with Crippen LogP contribution in [0.1, 0.15) is 51.4 Å². The molecule has 0 aromatic carbocycles. The first-order chi connectivity index (χ1) is 7.86. The van der Waals surface area contributed by atoms with E-state index in [9.17, 15) is 4.79 Å². The molecule has 1 amide bonds. The summed E-state index contributed by atoms with van der Waals surface area (Å²) in [5, 5.41) is 6.33. The van der Waals surface area contributed by atoms with Gasteiger partial charge in [-0.1, -0.05) is 32.1 Å². The first-order valence-electron chi connectivity index (χ1n) is 6.87. The summed E-state index contributed by atoms with van der Waals surface area (Å²) in [6.07, 6.45) is 10.4. The quantitative estimate of drug-likeness (QED) is 0.765. The molecule has 1 saturated carbocycles. The molecule has 0 aromatic rings. The Labute approximate surface area is 98.4 Å². The minimum Gasteiger partial charge on any atom is -0.355 e.